The molecule has 0 radical (unpaired) electrons. The number of para-hydroxylation sites is 1. The lowest BCUT2D eigenvalue weighted by atomic mass is 9.96. The van der Waals surface area contributed by atoms with Crippen molar-refractivity contribution in [2.45, 2.75) is 32.1 Å². The molecule has 29 heavy (non-hydrogen) atoms. The van der Waals surface area contributed by atoms with Gasteiger partial charge in [0, 0.05) is 17.7 Å². The lowest BCUT2D eigenvalue weighted by molar-refractivity contribution is 0.101. The average Bonchev–Trinajstić information content (AvgIpc) is 3.49. The molecule has 1 amide bonds. The van der Waals surface area contributed by atoms with Crippen LogP contribution < -0.4 is 5.32 Å². The highest BCUT2D eigenvalue weighted by atomic mass is 16.5. The van der Waals surface area contributed by atoms with Crippen molar-refractivity contribution in [2.24, 2.45) is 0 Å². The minimum Gasteiger partial charge on any atom is -0.461 e. The molecule has 146 valence electrons. The maximum Gasteiger partial charge on any atom is 0.278 e. The molecule has 8 nitrogen and oxygen atoms in total. The summed E-state index contributed by atoms with van der Waals surface area (Å²) in [6.07, 6.45) is 5.69. The third-order valence-electron chi connectivity index (χ3n) is 4.98. The molecular formula is C21H18N4O4. The molecule has 0 saturated heterocycles. The Morgan fingerprint density at radius 1 is 1.03 bits per heavy atom. The number of aromatic nitrogens is 3. The van der Waals surface area contributed by atoms with E-state index in [1.54, 1.807) is 18.4 Å². The fourth-order valence-electron chi connectivity index (χ4n) is 3.54. The van der Waals surface area contributed by atoms with Crippen LogP contribution in [0.3, 0.4) is 0 Å². The van der Waals surface area contributed by atoms with Gasteiger partial charge in [0.15, 0.2) is 11.5 Å². The number of aryl methyl sites for hydroxylation is 1. The third kappa shape index (κ3) is 3.44. The van der Waals surface area contributed by atoms with Gasteiger partial charge in [-0.1, -0.05) is 28.5 Å². The topological polar surface area (TPSA) is 107 Å². The van der Waals surface area contributed by atoms with E-state index in [9.17, 15) is 4.79 Å². The molecule has 1 aliphatic carbocycles. The first kappa shape index (κ1) is 17.4. The summed E-state index contributed by atoms with van der Waals surface area (Å²) in [6.45, 7) is 0. The average molecular weight is 390 g/mol. The van der Waals surface area contributed by atoms with Crippen molar-refractivity contribution < 1.29 is 18.3 Å². The van der Waals surface area contributed by atoms with E-state index < -0.39 is 0 Å². The molecule has 0 bridgehead atoms. The zero-order chi connectivity index (χ0) is 19.6. The number of nitrogens with one attached hydrogen (secondary N) is 1. The van der Waals surface area contributed by atoms with Gasteiger partial charge in [-0.15, -0.1) is 0 Å². The Hall–Kier alpha value is -3.68. The molecule has 1 aliphatic rings. The second kappa shape index (κ2) is 7.38. The molecule has 0 fully saturated rings. The molecule has 8 heteroatoms. The first-order valence-electron chi connectivity index (χ1n) is 9.51. The molecular weight excluding hydrogens is 372 g/mol. The van der Waals surface area contributed by atoms with E-state index >= 15 is 0 Å². The first-order chi connectivity index (χ1) is 14.3. The third-order valence-corrected chi connectivity index (χ3v) is 4.98. The summed E-state index contributed by atoms with van der Waals surface area (Å²) in [4.78, 5) is 17.2. The molecule has 1 aromatic carbocycles. The van der Waals surface area contributed by atoms with E-state index in [4.69, 9.17) is 13.5 Å². The Morgan fingerprint density at radius 2 is 1.93 bits per heavy atom. The normalized spacial score (nSPS) is 13.2. The minimum atomic E-state index is -0.272. The largest absolute Gasteiger partial charge is 0.461 e. The highest BCUT2D eigenvalue weighted by molar-refractivity contribution is 6.04. The van der Waals surface area contributed by atoms with Crippen molar-refractivity contribution in [3.05, 3.63) is 71.1 Å². The van der Waals surface area contributed by atoms with Crippen LogP contribution in [0.25, 0.3) is 11.6 Å². The summed E-state index contributed by atoms with van der Waals surface area (Å²) < 4.78 is 16.0. The molecule has 0 aliphatic heterocycles. The Morgan fingerprint density at radius 3 is 2.83 bits per heavy atom. The summed E-state index contributed by atoms with van der Waals surface area (Å²) in [7, 11) is 0. The smallest absolute Gasteiger partial charge is 0.278 e. The second-order valence-corrected chi connectivity index (χ2v) is 6.92. The summed E-state index contributed by atoms with van der Waals surface area (Å²) in [5.74, 6) is 1.91. The molecule has 1 N–H and O–H groups in total. The summed E-state index contributed by atoms with van der Waals surface area (Å²) in [5.41, 5.74) is 2.81. The van der Waals surface area contributed by atoms with E-state index in [1.165, 1.54) is 0 Å². The number of fused-ring (bicyclic) bond motifs is 1. The Kier molecular flexibility index (Phi) is 4.44. The molecule has 3 aromatic heterocycles. The molecule has 0 spiro atoms. The predicted octanol–water partition coefficient (Wildman–Crippen LogP) is 4.04. The lowest BCUT2D eigenvalue weighted by Gasteiger charge is -2.11. The molecule has 3 heterocycles. The van der Waals surface area contributed by atoms with Crippen molar-refractivity contribution in [1.29, 1.82) is 0 Å². The van der Waals surface area contributed by atoms with Crippen molar-refractivity contribution in [3.63, 3.8) is 0 Å². The quantitative estimate of drug-likeness (QED) is 0.548. The SMILES string of the molecule is O=C(Nc1ccccc1Cc1nc(-c2ccco2)no1)c1noc2c1CCCC2. The molecule has 5 rings (SSSR count). The van der Waals surface area contributed by atoms with Crippen molar-refractivity contribution in [2.75, 3.05) is 5.32 Å². The van der Waals surface area contributed by atoms with Crippen molar-refractivity contribution in [1.82, 2.24) is 15.3 Å². The number of nitrogens with zero attached hydrogens (tertiary/aromatic N) is 3. The maximum absolute atomic E-state index is 12.8. The molecule has 0 saturated carbocycles. The van der Waals surface area contributed by atoms with E-state index in [0.29, 0.717) is 35.3 Å². The highest BCUT2D eigenvalue weighted by Gasteiger charge is 2.24. The van der Waals surface area contributed by atoms with Gasteiger partial charge in [0.05, 0.1) is 12.7 Å². The van der Waals surface area contributed by atoms with Crippen molar-refractivity contribution >= 4 is 11.6 Å². The van der Waals surface area contributed by atoms with Crippen LogP contribution in [-0.4, -0.2) is 21.2 Å². The lowest BCUT2D eigenvalue weighted by Crippen LogP contribution is -2.16. The molecule has 0 atom stereocenters. The number of carbonyl (C=O) groups is 1. The molecule has 4 aromatic rings. The zero-order valence-electron chi connectivity index (χ0n) is 15.6. The minimum absolute atomic E-state index is 0.272. The van der Waals surface area contributed by atoms with Crippen LogP contribution in [0.5, 0.6) is 0 Å². The van der Waals surface area contributed by atoms with E-state index in [1.807, 2.05) is 24.3 Å². The van der Waals surface area contributed by atoms with Crippen LogP contribution in [0.15, 0.2) is 56.1 Å². The summed E-state index contributed by atoms with van der Waals surface area (Å²) >= 11 is 0. The molecule has 0 unspecified atom stereocenters. The van der Waals surface area contributed by atoms with Gasteiger partial charge in [0.2, 0.25) is 11.7 Å². The number of carbonyl (C=O) groups excluding carboxylic acids is 1. The van der Waals surface area contributed by atoms with Gasteiger partial charge in [-0.05, 0) is 43.0 Å². The van der Waals surface area contributed by atoms with Crippen LogP contribution in [0, 0.1) is 0 Å². The van der Waals surface area contributed by atoms with E-state index in [-0.39, 0.29) is 5.91 Å². The van der Waals surface area contributed by atoms with E-state index in [0.717, 1.165) is 42.6 Å². The van der Waals surface area contributed by atoms with Gasteiger partial charge < -0.3 is 18.8 Å². The van der Waals surface area contributed by atoms with Gasteiger partial charge in [-0.3, -0.25) is 4.79 Å². The van der Waals surface area contributed by atoms with Gasteiger partial charge in [0.1, 0.15) is 5.76 Å². The number of amides is 1. The summed E-state index contributed by atoms with van der Waals surface area (Å²) in [6, 6.07) is 11.0. The Bertz CT molecular complexity index is 1140. The van der Waals surface area contributed by atoms with Crippen LogP contribution in [0.4, 0.5) is 5.69 Å². The van der Waals surface area contributed by atoms with Gasteiger partial charge >= 0.3 is 0 Å². The standard InChI is InChI=1S/C21H18N4O4/c26-21(19-14-7-2-4-9-16(14)28-24-19)22-15-8-3-1-6-13(15)12-18-23-20(25-29-18)17-10-5-11-27-17/h1,3,5-6,8,10-11H,2,4,7,9,12H2,(H,22,26). The number of rotatable bonds is 5. The van der Waals surface area contributed by atoms with Crippen LogP contribution in [-0.2, 0) is 19.3 Å². The van der Waals surface area contributed by atoms with Crippen LogP contribution >= 0.6 is 0 Å². The van der Waals surface area contributed by atoms with E-state index in [2.05, 4.69) is 20.6 Å². The van der Waals surface area contributed by atoms with Gasteiger partial charge in [-0.2, -0.15) is 4.98 Å². The number of benzene rings is 1. The number of hydrogen-bond donors (Lipinski definition) is 1. The number of anilines is 1. The second-order valence-electron chi connectivity index (χ2n) is 6.92. The van der Waals surface area contributed by atoms with Crippen LogP contribution in [0.1, 0.15) is 46.1 Å². The number of furan rings is 1. The first-order valence-corrected chi connectivity index (χ1v) is 9.51. The maximum atomic E-state index is 12.8. The zero-order valence-corrected chi connectivity index (χ0v) is 15.6. The highest BCUT2D eigenvalue weighted by Crippen LogP contribution is 2.26. The Labute approximate surface area is 165 Å². The fourth-order valence-corrected chi connectivity index (χ4v) is 3.54. The van der Waals surface area contributed by atoms with Crippen LogP contribution in [0.2, 0.25) is 0 Å². The van der Waals surface area contributed by atoms with Gasteiger partial charge in [-0.25, -0.2) is 0 Å². The number of hydrogen-bond acceptors (Lipinski definition) is 7. The monoisotopic (exact) mass is 390 g/mol. The summed E-state index contributed by atoms with van der Waals surface area (Å²) in [5, 5.41) is 10.9. The van der Waals surface area contributed by atoms with Crippen molar-refractivity contribution in [3.8, 4) is 11.6 Å². The van der Waals surface area contributed by atoms with Gasteiger partial charge in [0.25, 0.3) is 5.91 Å². The Balaban J connectivity index is 1.36. The predicted molar refractivity (Wildman–Crippen MR) is 102 cm³/mol. The fraction of sp³-hybridized carbons (Fsp3) is 0.238.